The molecule has 4 unspecified atom stereocenters. The van der Waals surface area contributed by atoms with E-state index in [1.165, 1.54) is 45.6 Å². The number of aromatic nitrogens is 2. The van der Waals surface area contributed by atoms with Crippen LogP contribution >= 0.6 is 0 Å². The number of ether oxygens (including phenoxy) is 1. The van der Waals surface area contributed by atoms with E-state index in [-0.39, 0.29) is 11.8 Å². The molecule has 6 rings (SSSR count). The topological polar surface area (TPSA) is 64.4 Å². The molecule has 2 aliphatic heterocycles. The van der Waals surface area contributed by atoms with Crippen LogP contribution in [0.3, 0.4) is 0 Å². The number of Topliss-reactive ketones (excluding diaryl/α,β-unsaturated/α-hetero) is 1. The standard InChI is InChI=1S/C37H47N3O2/c1-23-6-7-26-8-10-32(25(3)41)40-34(26)20-29(16-23)28-9-11-36-30(18-28)17-24(2)27(13-15-42-36)19-35-31-21-37(4,5)14-12-33(31)38-22-39-35/h7,9,11,18,20,22-24,27,32H,6,8,10,12-17,19,21H2,1-5H3/b26-7+,29-20+. The highest BCUT2D eigenvalue weighted by atomic mass is 16.5. The molecule has 0 amide bonds. The summed E-state index contributed by atoms with van der Waals surface area (Å²) in [6, 6.07) is 6.58. The molecule has 2 aliphatic carbocycles. The quantitative estimate of drug-likeness (QED) is 0.380. The Bertz CT molecular complexity index is 1450. The summed E-state index contributed by atoms with van der Waals surface area (Å²) in [6.45, 7) is 11.9. The average Bonchev–Trinajstić information content (AvgIpc) is 2.94. The smallest absolute Gasteiger partial charge is 0.154 e. The maximum Gasteiger partial charge on any atom is 0.154 e. The Morgan fingerprint density at radius 2 is 1.93 bits per heavy atom. The lowest BCUT2D eigenvalue weighted by atomic mass is 9.74. The van der Waals surface area contributed by atoms with Crippen LogP contribution in [-0.2, 0) is 30.5 Å². The number of carbonyl (C=O) groups excluding carboxylic acids is 1. The zero-order chi connectivity index (χ0) is 29.4. The van der Waals surface area contributed by atoms with Crippen LogP contribution < -0.4 is 4.74 Å². The van der Waals surface area contributed by atoms with E-state index < -0.39 is 0 Å². The van der Waals surface area contributed by atoms with Crippen molar-refractivity contribution >= 4 is 17.1 Å². The fourth-order valence-electron chi connectivity index (χ4n) is 7.45. The third-order valence-electron chi connectivity index (χ3n) is 10.2. The minimum absolute atomic E-state index is 0.167. The molecule has 3 heterocycles. The van der Waals surface area contributed by atoms with Crippen molar-refractivity contribution in [2.75, 3.05) is 6.61 Å². The summed E-state index contributed by atoms with van der Waals surface area (Å²) in [5, 5.41) is 0. The maximum absolute atomic E-state index is 12.2. The molecule has 4 atom stereocenters. The number of aryl methyl sites for hydroxylation is 1. The molecular weight excluding hydrogens is 518 g/mol. The van der Waals surface area contributed by atoms with Crippen molar-refractivity contribution in [3.63, 3.8) is 0 Å². The van der Waals surface area contributed by atoms with Crippen LogP contribution in [0.5, 0.6) is 5.75 Å². The summed E-state index contributed by atoms with van der Waals surface area (Å²) >= 11 is 0. The van der Waals surface area contributed by atoms with Gasteiger partial charge >= 0.3 is 0 Å². The minimum Gasteiger partial charge on any atom is -0.493 e. The lowest BCUT2D eigenvalue weighted by molar-refractivity contribution is -0.118. The van der Waals surface area contributed by atoms with Gasteiger partial charge in [-0.2, -0.15) is 0 Å². The zero-order valence-corrected chi connectivity index (χ0v) is 26.2. The SMILES string of the molecule is CC(=O)C1CC/C2=C\CC(C)C/C(c3ccc4c(c3)CC(C)C(Cc3ncnc5c3CC(C)(C)CC5)CCO4)=C\C2=N1. The van der Waals surface area contributed by atoms with E-state index in [2.05, 4.69) is 63.0 Å². The minimum atomic E-state index is -0.208. The van der Waals surface area contributed by atoms with Gasteiger partial charge in [-0.05, 0) is 140 Å². The van der Waals surface area contributed by atoms with Crippen LogP contribution in [0.4, 0.5) is 0 Å². The van der Waals surface area contributed by atoms with Crippen molar-refractivity contribution in [2.24, 2.45) is 28.2 Å². The van der Waals surface area contributed by atoms with Crippen molar-refractivity contribution in [1.29, 1.82) is 0 Å². The van der Waals surface area contributed by atoms with Gasteiger partial charge in [0.2, 0.25) is 0 Å². The Balaban J connectivity index is 1.26. The van der Waals surface area contributed by atoms with E-state index in [1.54, 1.807) is 13.3 Å². The van der Waals surface area contributed by atoms with Gasteiger partial charge in [-0.1, -0.05) is 39.8 Å². The second-order valence-electron chi connectivity index (χ2n) is 14.3. The molecule has 1 aromatic carbocycles. The van der Waals surface area contributed by atoms with Crippen LogP contribution in [0.15, 0.2) is 47.2 Å². The Morgan fingerprint density at radius 1 is 1.07 bits per heavy atom. The normalized spacial score (nSPS) is 29.7. The zero-order valence-electron chi connectivity index (χ0n) is 26.2. The molecule has 0 fully saturated rings. The number of hydrogen-bond donors (Lipinski definition) is 0. The Labute approximate surface area is 252 Å². The molecule has 0 saturated heterocycles. The number of allylic oxidation sites excluding steroid dienone is 4. The Hall–Kier alpha value is -3.08. The van der Waals surface area contributed by atoms with E-state index in [0.29, 0.717) is 23.2 Å². The van der Waals surface area contributed by atoms with Gasteiger partial charge in [-0.15, -0.1) is 0 Å². The number of hydrogen-bond acceptors (Lipinski definition) is 5. The van der Waals surface area contributed by atoms with Crippen molar-refractivity contribution in [3.8, 4) is 5.75 Å². The monoisotopic (exact) mass is 565 g/mol. The van der Waals surface area contributed by atoms with E-state index in [9.17, 15) is 4.79 Å². The van der Waals surface area contributed by atoms with E-state index >= 15 is 0 Å². The highest BCUT2D eigenvalue weighted by Gasteiger charge is 2.31. The largest absolute Gasteiger partial charge is 0.493 e. The van der Waals surface area contributed by atoms with Gasteiger partial charge in [0.15, 0.2) is 5.78 Å². The molecule has 42 heavy (non-hydrogen) atoms. The van der Waals surface area contributed by atoms with Crippen molar-refractivity contribution in [1.82, 2.24) is 9.97 Å². The first-order valence-electron chi connectivity index (χ1n) is 16.2. The number of fused-ring (bicyclic) bond motifs is 3. The predicted octanol–water partition coefficient (Wildman–Crippen LogP) is 7.74. The van der Waals surface area contributed by atoms with E-state index in [1.807, 2.05) is 0 Å². The molecule has 0 saturated carbocycles. The number of rotatable bonds is 4. The molecular formula is C37H47N3O2. The summed E-state index contributed by atoms with van der Waals surface area (Å²) < 4.78 is 6.40. The van der Waals surface area contributed by atoms with Crippen LogP contribution in [0, 0.1) is 23.2 Å². The van der Waals surface area contributed by atoms with Crippen LogP contribution in [-0.4, -0.2) is 34.1 Å². The number of benzene rings is 1. The number of nitrogens with zero attached hydrogens (tertiary/aromatic N) is 3. The summed E-state index contributed by atoms with van der Waals surface area (Å²) in [5.41, 5.74) is 10.4. The van der Waals surface area contributed by atoms with Crippen molar-refractivity contribution in [3.05, 3.63) is 70.3 Å². The van der Waals surface area contributed by atoms with E-state index in [0.717, 1.165) is 75.9 Å². The molecule has 5 heteroatoms. The second kappa shape index (κ2) is 11.9. The lowest BCUT2D eigenvalue weighted by Gasteiger charge is -2.33. The number of aliphatic imine (C=N–C) groups is 1. The molecule has 0 radical (unpaired) electrons. The van der Waals surface area contributed by atoms with Crippen molar-refractivity contribution in [2.45, 2.75) is 105 Å². The molecule has 1 aromatic heterocycles. The summed E-state index contributed by atoms with van der Waals surface area (Å²) in [7, 11) is 0. The summed E-state index contributed by atoms with van der Waals surface area (Å²) in [4.78, 5) is 26.6. The van der Waals surface area contributed by atoms with Crippen LogP contribution in [0.2, 0.25) is 0 Å². The molecule has 0 N–H and O–H groups in total. The molecule has 0 bridgehead atoms. The lowest BCUT2D eigenvalue weighted by Crippen LogP contribution is -2.27. The third kappa shape index (κ3) is 6.31. The first kappa shape index (κ1) is 29.0. The molecule has 4 aliphatic rings. The number of ketones is 1. The van der Waals surface area contributed by atoms with Gasteiger partial charge in [-0.3, -0.25) is 9.79 Å². The molecule has 0 spiro atoms. The fraction of sp³-hybridized carbons (Fsp3) is 0.568. The van der Waals surface area contributed by atoms with Gasteiger partial charge < -0.3 is 4.74 Å². The van der Waals surface area contributed by atoms with Gasteiger partial charge in [0.1, 0.15) is 18.1 Å². The fourth-order valence-corrected chi connectivity index (χ4v) is 7.45. The molecule has 222 valence electrons. The van der Waals surface area contributed by atoms with Gasteiger partial charge in [0, 0.05) is 11.4 Å². The second-order valence-corrected chi connectivity index (χ2v) is 14.3. The first-order valence-corrected chi connectivity index (χ1v) is 16.2. The molecule has 2 aromatic rings. The van der Waals surface area contributed by atoms with Crippen LogP contribution in [0.1, 0.15) is 101 Å². The highest BCUT2D eigenvalue weighted by Crippen LogP contribution is 2.39. The van der Waals surface area contributed by atoms with E-state index in [4.69, 9.17) is 14.7 Å². The van der Waals surface area contributed by atoms with Crippen molar-refractivity contribution < 1.29 is 9.53 Å². The van der Waals surface area contributed by atoms with Gasteiger partial charge in [-0.25, -0.2) is 9.97 Å². The summed E-state index contributed by atoms with van der Waals surface area (Å²) in [6.07, 6.45) is 16.6. The summed E-state index contributed by atoms with van der Waals surface area (Å²) in [5.74, 6) is 2.78. The Morgan fingerprint density at radius 3 is 2.76 bits per heavy atom. The van der Waals surface area contributed by atoms with Gasteiger partial charge in [0.25, 0.3) is 0 Å². The average molecular weight is 566 g/mol. The third-order valence-corrected chi connectivity index (χ3v) is 10.2. The van der Waals surface area contributed by atoms with Crippen LogP contribution in [0.25, 0.3) is 5.57 Å². The first-order chi connectivity index (χ1) is 20.1. The predicted molar refractivity (Wildman–Crippen MR) is 170 cm³/mol. The van der Waals surface area contributed by atoms with Gasteiger partial charge in [0.05, 0.1) is 12.3 Å². The highest BCUT2D eigenvalue weighted by molar-refractivity contribution is 6.13. The number of carbonyl (C=O) groups is 1. The molecule has 5 nitrogen and oxygen atoms in total. The Kier molecular flexibility index (Phi) is 8.22. The maximum atomic E-state index is 12.2.